The van der Waals surface area contributed by atoms with Gasteiger partial charge >= 0.3 is 0 Å². The number of rotatable bonds is 3. The molecule has 1 N–H and O–H groups in total. The second-order valence-corrected chi connectivity index (χ2v) is 4.03. The highest BCUT2D eigenvalue weighted by atomic mass is 32.1. The molecule has 0 saturated carbocycles. The first-order chi connectivity index (χ1) is 7.65. The molecule has 6 nitrogen and oxygen atoms in total. The molecule has 16 heavy (non-hydrogen) atoms. The molecular formula is C9H14N6S. The highest BCUT2D eigenvalue weighted by Gasteiger charge is 2.17. The Kier molecular flexibility index (Phi) is 2.86. The van der Waals surface area contributed by atoms with Gasteiger partial charge in [-0.2, -0.15) is 5.10 Å². The summed E-state index contributed by atoms with van der Waals surface area (Å²) < 4.78 is 4.48. The van der Waals surface area contributed by atoms with Gasteiger partial charge in [0, 0.05) is 13.5 Å². The Bertz CT molecular complexity index is 536. The van der Waals surface area contributed by atoms with Crippen molar-refractivity contribution in [3.05, 3.63) is 22.7 Å². The topological polar surface area (TPSA) is 64.3 Å². The van der Waals surface area contributed by atoms with Gasteiger partial charge in [0.05, 0.1) is 6.04 Å². The fourth-order valence-corrected chi connectivity index (χ4v) is 2.08. The average molecular weight is 238 g/mol. The first-order valence-corrected chi connectivity index (χ1v) is 5.55. The summed E-state index contributed by atoms with van der Waals surface area (Å²) in [6.45, 7) is 4.08. The van der Waals surface area contributed by atoms with E-state index in [1.54, 1.807) is 6.33 Å². The lowest BCUT2D eigenvalue weighted by Crippen LogP contribution is -2.14. The molecule has 0 saturated heterocycles. The van der Waals surface area contributed by atoms with E-state index in [0.717, 1.165) is 18.1 Å². The number of nitrogens with one attached hydrogen (secondary N) is 1. The monoisotopic (exact) mass is 238 g/mol. The molecule has 2 aromatic heterocycles. The molecule has 7 heteroatoms. The molecule has 0 amide bonds. The van der Waals surface area contributed by atoms with Crippen molar-refractivity contribution in [1.82, 2.24) is 29.5 Å². The zero-order valence-electron chi connectivity index (χ0n) is 9.51. The van der Waals surface area contributed by atoms with E-state index in [2.05, 4.69) is 20.4 Å². The molecule has 1 unspecified atom stereocenters. The second-order valence-electron chi connectivity index (χ2n) is 3.64. The maximum absolute atomic E-state index is 5.22. The third kappa shape index (κ3) is 1.67. The van der Waals surface area contributed by atoms with Gasteiger partial charge in [-0.3, -0.25) is 9.67 Å². The minimum atomic E-state index is 0.0358. The average Bonchev–Trinajstić information content (AvgIpc) is 2.83. The van der Waals surface area contributed by atoms with E-state index in [1.165, 1.54) is 0 Å². The lowest BCUT2D eigenvalue weighted by molar-refractivity contribution is 0.546. The van der Waals surface area contributed by atoms with Gasteiger partial charge < -0.3 is 4.57 Å². The summed E-state index contributed by atoms with van der Waals surface area (Å²) in [5, 5.41) is 15.0. The Hall–Kier alpha value is -1.50. The van der Waals surface area contributed by atoms with Crippen LogP contribution in [0.25, 0.3) is 0 Å². The molecule has 2 rings (SSSR count). The van der Waals surface area contributed by atoms with Crippen LogP contribution in [0.5, 0.6) is 0 Å². The van der Waals surface area contributed by atoms with Crippen molar-refractivity contribution in [2.75, 3.05) is 0 Å². The minimum absolute atomic E-state index is 0.0358. The summed E-state index contributed by atoms with van der Waals surface area (Å²) in [6, 6.07) is 0.0358. The van der Waals surface area contributed by atoms with Crippen molar-refractivity contribution in [3.63, 3.8) is 0 Å². The van der Waals surface area contributed by atoms with Gasteiger partial charge in [0.15, 0.2) is 10.6 Å². The Labute approximate surface area is 98.3 Å². The normalized spacial score (nSPS) is 12.9. The van der Waals surface area contributed by atoms with Gasteiger partial charge in [0.1, 0.15) is 12.2 Å². The van der Waals surface area contributed by atoms with E-state index in [9.17, 15) is 0 Å². The predicted octanol–water partition coefficient (Wildman–Crippen LogP) is 1.24. The van der Waals surface area contributed by atoms with Crippen LogP contribution in [0.4, 0.5) is 0 Å². The predicted molar refractivity (Wildman–Crippen MR) is 61.6 cm³/mol. The van der Waals surface area contributed by atoms with Crippen LogP contribution in [-0.2, 0) is 13.5 Å². The fourth-order valence-electron chi connectivity index (χ4n) is 1.77. The van der Waals surface area contributed by atoms with E-state index in [1.807, 2.05) is 30.0 Å². The number of nitrogens with zero attached hydrogens (tertiary/aromatic N) is 5. The van der Waals surface area contributed by atoms with Crippen molar-refractivity contribution in [2.24, 2.45) is 7.05 Å². The van der Waals surface area contributed by atoms with Gasteiger partial charge in [-0.25, -0.2) is 0 Å². The molecule has 0 aromatic carbocycles. The van der Waals surface area contributed by atoms with Gasteiger partial charge in [-0.15, -0.1) is 10.2 Å². The van der Waals surface area contributed by atoms with E-state index in [0.29, 0.717) is 4.77 Å². The van der Waals surface area contributed by atoms with Crippen LogP contribution >= 0.6 is 12.2 Å². The summed E-state index contributed by atoms with van der Waals surface area (Å²) in [6.07, 6.45) is 2.51. The SMILES string of the molecule is CCc1n[nH]c(=S)n1C(C)c1nncn1C. The molecule has 2 aromatic rings. The maximum atomic E-state index is 5.22. The standard InChI is InChI=1S/C9H14N6S/c1-4-7-11-13-9(16)15(7)6(2)8-12-10-5-14(8)3/h5-6H,4H2,1-3H3,(H,13,16). The van der Waals surface area contributed by atoms with Crippen LogP contribution in [0, 0.1) is 4.77 Å². The van der Waals surface area contributed by atoms with Crippen molar-refractivity contribution < 1.29 is 0 Å². The molecule has 2 heterocycles. The maximum Gasteiger partial charge on any atom is 0.195 e. The van der Waals surface area contributed by atoms with E-state index in [-0.39, 0.29) is 6.04 Å². The van der Waals surface area contributed by atoms with Crippen molar-refractivity contribution in [1.29, 1.82) is 0 Å². The first-order valence-electron chi connectivity index (χ1n) is 5.14. The van der Waals surface area contributed by atoms with Crippen molar-refractivity contribution in [3.8, 4) is 0 Å². The summed E-state index contributed by atoms with van der Waals surface area (Å²) >= 11 is 5.22. The Morgan fingerprint density at radius 3 is 2.88 bits per heavy atom. The van der Waals surface area contributed by atoms with E-state index < -0.39 is 0 Å². The summed E-state index contributed by atoms with van der Waals surface area (Å²) in [5.41, 5.74) is 0. The van der Waals surface area contributed by atoms with Gasteiger partial charge in [-0.05, 0) is 19.1 Å². The first kappa shape index (κ1) is 11.0. The van der Waals surface area contributed by atoms with E-state index >= 15 is 0 Å². The van der Waals surface area contributed by atoms with Crippen LogP contribution < -0.4 is 0 Å². The molecule has 0 spiro atoms. The van der Waals surface area contributed by atoms with Gasteiger partial charge in [0.2, 0.25) is 0 Å². The Morgan fingerprint density at radius 2 is 2.31 bits per heavy atom. The number of H-pyrrole nitrogens is 1. The summed E-state index contributed by atoms with van der Waals surface area (Å²) in [4.78, 5) is 0. The van der Waals surface area contributed by atoms with Crippen LogP contribution in [0.15, 0.2) is 6.33 Å². The number of hydrogen-bond acceptors (Lipinski definition) is 4. The van der Waals surface area contributed by atoms with Crippen LogP contribution in [0.3, 0.4) is 0 Å². The highest BCUT2D eigenvalue weighted by molar-refractivity contribution is 7.71. The lowest BCUT2D eigenvalue weighted by atomic mass is 10.3. The van der Waals surface area contributed by atoms with Crippen molar-refractivity contribution >= 4 is 12.2 Å². The molecule has 1 atom stereocenters. The number of aryl methyl sites for hydroxylation is 2. The quantitative estimate of drug-likeness (QED) is 0.817. The molecule has 0 aliphatic carbocycles. The van der Waals surface area contributed by atoms with Crippen LogP contribution in [0.2, 0.25) is 0 Å². The molecule has 86 valence electrons. The van der Waals surface area contributed by atoms with Crippen LogP contribution in [-0.4, -0.2) is 29.5 Å². The molecule has 0 aliphatic rings. The Morgan fingerprint density at radius 1 is 1.56 bits per heavy atom. The number of aromatic nitrogens is 6. The number of hydrogen-bond donors (Lipinski definition) is 1. The lowest BCUT2D eigenvalue weighted by Gasteiger charge is -2.13. The molecule has 0 aliphatic heterocycles. The van der Waals surface area contributed by atoms with Gasteiger partial charge in [0.25, 0.3) is 0 Å². The third-order valence-corrected chi connectivity index (χ3v) is 2.89. The van der Waals surface area contributed by atoms with E-state index in [4.69, 9.17) is 12.2 Å². The largest absolute Gasteiger partial charge is 0.319 e. The molecule has 0 bridgehead atoms. The molecular weight excluding hydrogens is 224 g/mol. The molecule has 0 fully saturated rings. The zero-order chi connectivity index (χ0) is 11.7. The highest BCUT2D eigenvalue weighted by Crippen LogP contribution is 2.16. The zero-order valence-corrected chi connectivity index (χ0v) is 10.3. The summed E-state index contributed by atoms with van der Waals surface area (Å²) in [5.74, 6) is 1.80. The Balaban J connectivity index is 2.49. The summed E-state index contributed by atoms with van der Waals surface area (Å²) in [7, 11) is 1.92. The minimum Gasteiger partial charge on any atom is -0.319 e. The third-order valence-electron chi connectivity index (χ3n) is 2.60. The van der Waals surface area contributed by atoms with Crippen LogP contribution in [0.1, 0.15) is 31.5 Å². The van der Waals surface area contributed by atoms with Gasteiger partial charge in [-0.1, -0.05) is 6.92 Å². The van der Waals surface area contributed by atoms with Crippen molar-refractivity contribution in [2.45, 2.75) is 26.3 Å². The fraction of sp³-hybridized carbons (Fsp3) is 0.556. The molecule has 0 radical (unpaired) electrons. The smallest absolute Gasteiger partial charge is 0.195 e. The number of aromatic amines is 1. The second kappa shape index (κ2) is 4.17.